The van der Waals surface area contributed by atoms with Gasteiger partial charge in [0.15, 0.2) is 6.61 Å². The van der Waals surface area contributed by atoms with Gasteiger partial charge in [0.2, 0.25) is 10.0 Å². The molecule has 11 heteroatoms. The third-order valence-corrected chi connectivity index (χ3v) is 7.58. The number of hydrogen-bond acceptors (Lipinski definition) is 7. The number of carbonyl (C=O) groups excluding carboxylic acids is 3. The van der Waals surface area contributed by atoms with Gasteiger partial charge < -0.3 is 14.8 Å². The van der Waals surface area contributed by atoms with Crippen molar-refractivity contribution in [3.63, 3.8) is 0 Å². The third-order valence-electron chi connectivity index (χ3n) is 5.54. The average molecular weight is 468 g/mol. The molecule has 1 aliphatic carbocycles. The molecule has 3 rings (SSSR count). The molecule has 1 saturated carbocycles. The van der Waals surface area contributed by atoms with Gasteiger partial charge in [0.1, 0.15) is 0 Å². The van der Waals surface area contributed by atoms with Crippen molar-refractivity contribution < 1.29 is 32.3 Å². The van der Waals surface area contributed by atoms with E-state index in [9.17, 15) is 22.8 Å². The Morgan fingerprint density at radius 1 is 1.12 bits per heavy atom. The van der Waals surface area contributed by atoms with Crippen LogP contribution in [0.25, 0.3) is 0 Å². The monoisotopic (exact) mass is 467 g/mol. The topological polar surface area (TPSA) is 131 Å². The standard InChI is InChI=1S/C21H29N3O7S/c1-15-7-8-16(13-18(15)32(28,29)24-9-11-30-12-10-24)20(26)31-14-19(25)23-21(27)22-17-5-3-2-4-6-17/h7-8,13,17H,2-6,9-12,14H2,1H3,(H2,22,23,25,27). The van der Waals surface area contributed by atoms with Gasteiger partial charge in [-0.2, -0.15) is 4.31 Å². The highest BCUT2D eigenvalue weighted by molar-refractivity contribution is 7.89. The summed E-state index contributed by atoms with van der Waals surface area (Å²) in [5.41, 5.74) is 0.493. The fourth-order valence-corrected chi connectivity index (χ4v) is 5.44. The smallest absolute Gasteiger partial charge is 0.338 e. The fourth-order valence-electron chi connectivity index (χ4n) is 3.78. The van der Waals surface area contributed by atoms with Crippen LogP contribution in [-0.4, -0.2) is 69.6 Å². The van der Waals surface area contributed by atoms with Crippen molar-refractivity contribution in [3.8, 4) is 0 Å². The molecule has 0 atom stereocenters. The summed E-state index contributed by atoms with van der Waals surface area (Å²) in [6.07, 6.45) is 4.97. The number of benzene rings is 1. The molecule has 0 radical (unpaired) electrons. The number of aryl methyl sites for hydroxylation is 1. The van der Waals surface area contributed by atoms with E-state index in [4.69, 9.17) is 9.47 Å². The zero-order chi connectivity index (χ0) is 23.1. The lowest BCUT2D eigenvalue weighted by atomic mass is 9.96. The predicted octanol–water partition coefficient (Wildman–Crippen LogP) is 1.33. The number of carbonyl (C=O) groups is 3. The fraction of sp³-hybridized carbons (Fsp3) is 0.571. The average Bonchev–Trinajstić information content (AvgIpc) is 2.79. The molecule has 0 bridgehead atoms. The number of nitrogens with one attached hydrogen (secondary N) is 2. The number of ether oxygens (including phenoxy) is 2. The second-order valence-electron chi connectivity index (χ2n) is 7.93. The summed E-state index contributed by atoms with van der Waals surface area (Å²) >= 11 is 0. The summed E-state index contributed by atoms with van der Waals surface area (Å²) in [7, 11) is -3.80. The molecule has 1 aromatic carbocycles. The number of urea groups is 1. The van der Waals surface area contributed by atoms with Gasteiger partial charge in [-0.05, 0) is 37.5 Å². The van der Waals surface area contributed by atoms with Crippen molar-refractivity contribution in [1.29, 1.82) is 0 Å². The molecule has 10 nitrogen and oxygen atoms in total. The summed E-state index contributed by atoms with van der Waals surface area (Å²) in [4.78, 5) is 36.3. The van der Waals surface area contributed by atoms with Gasteiger partial charge in [-0.15, -0.1) is 0 Å². The van der Waals surface area contributed by atoms with Crippen LogP contribution in [0.5, 0.6) is 0 Å². The summed E-state index contributed by atoms with van der Waals surface area (Å²) in [6.45, 7) is 2.07. The lowest BCUT2D eigenvalue weighted by Crippen LogP contribution is -2.46. The maximum atomic E-state index is 12.9. The van der Waals surface area contributed by atoms with Crippen LogP contribution in [0.4, 0.5) is 4.79 Å². The number of rotatable bonds is 6. The normalized spacial score (nSPS) is 18.0. The molecule has 1 heterocycles. The number of imide groups is 1. The lowest BCUT2D eigenvalue weighted by Gasteiger charge is -2.26. The van der Waals surface area contributed by atoms with Crippen molar-refractivity contribution in [1.82, 2.24) is 14.9 Å². The molecule has 0 unspecified atom stereocenters. The second kappa shape index (κ2) is 10.9. The summed E-state index contributed by atoms with van der Waals surface area (Å²) in [5, 5.41) is 4.88. The lowest BCUT2D eigenvalue weighted by molar-refractivity contribution is -0.123. The summed E-state index contributed by atoms with van der Waals surface area (Å²) < 4.78 is 37.4. The molecule has 32 heavy (non-hydrogen) atoms. The number of sulfonamides is 1. The Kier molecular flexibility index (Phi) is 8.21. The van der Waals surface area contributed by atoms with Crippen LogP contribution in [0.15, 0.2) is 23.1 Å². The Labute approximate surface area is 187 Å². The minimum atomic E-state index is -3.80. The van der Waals surface area contributed by atoms with E-state index < -0.39 is 34.5 Å². The first-order valence-electron chi connectivity index (χ1n) is 10.7. The number of esters is 1. The van der Waals surface area contributed by atoms with E-state index in [-0.39, 0.29) is 29.6 Å². The first-order valence-corrected chi connectivity index (χ1v) is 12.2. The maximum absolute atomic E-state index is 12.9. The number of nitrogens with zero attached hydrogens (tertiary/aromatic N) is 1. The molecule has 176 valence electrons. The highest BCUT2D eigenvalue weighted by Gasteiger charge is 2.28. The van der Waals surface area contributed by atoms with E-state index in [1.807, 2.05) is 0 Å². The molecular weight excluding hydrogens is 438 g/mol. The van der Waals surface area contributed by atoms with Crippen molar-refractivity contribution in [2.75, 3.05) is 32.9 Å². The molecule has 0 spiro atoms. The Bertz CT molecular complexity index is 952. The van der Waals surface area contributed by atoms with Crippen LogP contribution in [0, 0.1) is 6.92 Å². The van der Waals surface area contributed by atoms with Gasteiger partial charge in [-0.25, -0.2) is 18.0 Å². The van der Waals surface area contributed by atoms with E-state index >= 15 is 0 Å². The molecule has 2 fully saturated rings. The van der Waals surface area contributed by atoms with Crippen molar-refractivity contribution in [3.05, 3.63) is 29.3 Å². The molecule has 2 aliphatic rings. The quantitative estimate of drug-likeness (QED) is 0.604. The SMILES string of the molecule is Cc1ccc(C(=O)OCC(=O)NC(=O)NC2CCCCC2)cc1S(=O)(=O)N1CCOCC1. The van der Waals surface area contributed by atoms with Gasteiger partial charge in [-0.1, -0.05) is 25.3 Å². The molecule has 1 aliphatic heterocycles. The number of hydrogen-bond donors (Lipinski definition) is 2. The highest BCUT2D eigenvalue weighted by atomic mass is 32.2. The van der Waals surface area contributed by atoms with Crippen molar-refractivity contribution >= 4 is 27.9 Å². The highest BCUT2D eigenvalue weighted by Crippen LogP contribution is 2.23. The van der Waals surface area contributed by atoms with Gasteiger partial charge in [-0.3, -0.25) is 10.1 Å². The van der Waals surface area contributed by atoms with E-state index in [1.165, 1.54) is 22.5 Å². The van der Waals surface area contributed by atoms with E-state index in [0.717, 1.165) is 32.1 Å². The molecule has 1 aromatic rings. The molecule has 2 N–H and O–H groups in total. The summed E-state index contributed by atoms with van der Waals surface area (Å²) in [5.74, 6) is -1.62. The van der Waals surface area contributed by atoms with Gasteiger partial charge in [0, 0.05) is 19.1 Å². The Morgan fingerprint density at radius 3 is 2.50 bits per heavy atom. The Balaban J connectivity index is 1.56. The first-order chi connectivity index (χ1) is 15.3. The van der Waals surface area contributed by atoms with E-state index in [0.29, 0.717) is 18.8 Å². The number of morpholine rings is 1. The van der Waals surface area contributed by atoms with Crippen molar-refractivity contribution in [2.45, 2.75) is 50.0 Å². The van der Waals surface area contributed by atoms with Crippen LogP contribution < -0.4 is 10.6 Å². The minimum absolute atomic E-state index is 0.00175. The van der Waals surface area contributed by atoms with Crippen LogP contribution >= 0.6 is 0 Å². The number of amides is 3. The summed E-state index contributed by atoms with van der Waals surface area (Å²) in [6, 6.07) is 3.62. The molecule has 0 aromatic heterocycles. The molecule has 1 saturated heterocycles. The van der Waals surface area contributed by atoms with Gasteiger partial charge in [0.25, 0.3) is 5.91 Å². The second-order valence-corrected chi connectivity index (χ2v) is 9.84. The van der Waals surface area contributed by atoms with Crippen molar-refractivity contribution in [2.24, 2.45) is 0 Å². The zero-order valence-electron chi connectivity index (χ0n) is 18.1. The van der Waals surface area contributed by atoms with Crippen LogP contribution in [0.1, 0.15) is 48.0 Å². The Hall–Kier alpha value is -2.50. The molecule has 3 amide bonds. The van der Waals surface area contributed by atoms with E-state index in [2.05, 4.69) is 10.6 Å². The first kappa shape index (κ1) is 24.1. The Morgan fingerprint density at radius 2 is 1.81 bits per heavy atom. The van der Waals surface area contributed by atoms with Crippen LogP contribution in [0.3, 0.4) is 0 Å². The predicted molar refractivity (Wildman–Crippen MR) is 115 cm³/mol. The third kappa shape index (κ3) is 6.27. The van der Waals surface area contributed by atoms with Crippen LogP contribution in [-0.2, 0) is 24.3 Å². The molecular formula is C21H29N3O7S. The van der Waals surface area contributed by atoms with Gasteiger partial charge in [0.05, 0.1) is 23.7 Å². The van der Waals surface area contributed by atoms with Crippen LogP contribution in [0.2, 0.25) is 0 Å². The zero-order valence-corrected chi connectivity index (χ0v) is 18.9. The van der Waals surface area contributed by atoms with E-state index in [1.54, 1.807) is 6.92 Å². The minimum Gasteiger partial charge on any atom is -0.452 e. The van der Waals surface area contributed by atoms with Gasteiger partial charge >= 0.3 is 12.0 Å². The maximum Gasteiger partial charge on any atom is 0.338 e. The largest absolute Gasteiger partial charge is 0.452 e.